The van der Waals surface area contributed by atoms with Crippen LogP contribution in [0.3, 0.4) is 0 Å². The largest absolute Gasteiger partial charge is 0.396 e. The Bertz CT molecular complexity index is 290. The van der Waals surface area contributed by atoms with Gasteiger partial charge in [0, 0.05) is 0 Å². The van der Waals surface area contributed by atoms with E-state index in [1.54, 1.807) is 6.21 Å². The van der Waals surface area contributed by atoms with E-state index in [9.17, 15) is 0 Å². The van der Waals surface area contributed by atoms with Crippen LogP contribution in [0.5, 0.6) is 0 Å². The third kappa shape index (κ3) is 4.63. The van der Waals surface area contributed by atoms with Crippen molar-refractivity contribution in [3.05, 3.63) is 35.4 Å². The fourth-order valence-electron chi connectivity index (χ4n) is 1.20. The lowest BCUT2D eigenvalue weighted by molar-refractivity contribution is 0.143. The highest BCUT2D eigenvalue weighted by atomic mass is 16.6. The zero-order valence-corrected chi connectivity index (χ0v) is 9.57. The molecule has 0 unspecified atom stereocenters. The van der Waals surface area contributed by atoms with Crippen LogP contribution in [0, 0.1) is 0 Å². The van der Waals surface area contributed by atoms with Crippen LogP contribution in [0.2, 0.25) is 0 Å². The van der Waals surface area contributed by atoms with Crippen LogP contribution in [-0.4, -0.2) is 12.8 Å². The Morgan fingerprint density at radius 3 is 2.53 bits per heavy atom. The zero-order valence-electron chi connectivity index (χ0n) is 9.57. The van der Waals surface area contributed by atoms with Crippen molar-refractivity contribution in [2.45, 2.75) is 33.1 Å². The number of hydrogen-bond donors (Lipinski definition) is 0. The number of benzene rings is 1. The lowest BCUT2D eigenvalue weighted by Gasteiger charge is -1.98. The number of rotatable bonds is 6. The lowest BCUT2D eigenvalue weighted by atomic mass is 10.1. The van der Waals surface area contributed by atoms with Gasteiger partial charge in [0.05, 0.1) is 6.21 Å². The molecule has 0 aliphatic carbocycles. The van der Waals surface area contributed by atoms with Crippen LogP contribution in [0.1, 0.15) is 37.8 Å². The van der Waals surface area contributed by atoms with Crippen LogP contribution in [0.15, 0.2) is 29.4 Å². The molecule has 0 radical (unpaired) electrons. The molecule has 1 aromatic rings. The van der Waals surface area contributed by atoms with Crippen molar-refractivity contribution >= 4 is 6.21 Å². The zero-order chi connectivity index (χ0) is 10.9. The first-order valence-electron chi connectivity index (χ1n) is 5.61. The van der Waals surface area contributed by atoms with Gasteiger partial charge in [0.15, 0.2) is 0 Å². The fraction of sp³-hybridized carbons (Fsp3) is 0.462. The minimum absolute atomic E-state index is 0.708. The number of unbranched alkanes of at least 4 members (excludes halogenated alkanes) is 1. The second-order valence-electron chi connectivity index (χ2n) is 3.52. The van der Waals surface area contributed by atoms with E-state index in [0.717, 1.165) is 24.8 Å². The van der Waals surface area contributed by atoms with E-state index >= 15 is 0 Å². The summed E-state index contributed by atoms with van der Waals surface area (Å²) in [5.41, 5.74) is 2.43. The molecule has 0 spiro atoms. The Labute approximate surface area is 91.9 Å². The number of oxime groups is 1. The average Bonchev–Trinajstić information content (AvgIpc) is 2.30. The van der Waals surface area contributed by atoms with E-state index in [1.165, 1.54) is 5.56 Å². The molecule has 0 aromatic heterocycles. The number of nitrogens with zero attached hydrogens (tertiary/aromatic N) is 1. The van der Waals surface area contributed by atoms with Crippen LogP contribution in [0.25, 0.3) is 0 Å². The molecule has 0 atom stereocenters. The van der Waals surface area contributed by atoms with E-state index in [0.29, 0.717) is 6.61 Å². The van der Waals surface area contributed by atoms with Crippen LogP contribution < -0.4 is 0 Å². The lowest BCUT2D eigenvalue weighted by Crippen LogP contribution is -1.88. The first-order valence-corrected chi connectivity index (χ1v) is 5.61. The predicted molar refractivity (Wildman–Crippen MR) is 64.3 cm³/mol. The van der Waals surface area contributed by atoms with Gasteiger partial charge in [-0.05, 0) is 24.0 Å². The summed E-state index contributed by atoms with van der Waals surface area (Å²) in [6.45, 7) is 4.99. The normalized spacial score (nSPS) is 10.8. The Morgan fingerprint density at radius 1 is 1.20 bits per heavy atom. The van der Waals surface area contributed by atoms with Gasteiger partial charge in [0.25, 0.3) is 0 Å². The molecule has 1 aromatic carbocycles. The Hall–Kier alpha value is -1.31. The van der Waals surface area contributed by atoms with Crippen LogP contribution in [-0.2, 0) is 11.3 Å². The van der Waals surface area contributed by atoms with Crippen molar-refractivity contribution in [2.24, 2.45) is 5.16 Å². The monoisotopic (exact) mass is 205 g/mol. The summed E-state index contributed by atoms with van der Waals surface area (Å²) in [6.07, 6.45) is 5.03. The van der Waals surface area contributed by atoms with Gasteiger partial charge in [0.2, 0.25) is 0 Å². The summed E-state index contributed by atoms with van der Waals surface area (Å²) in [5, 5.41) is 3.91. The summed E-state index contributed by atoms with van der Waals surface area (Å²) in [7, 11) is 0. The summed E-state index contributed by atoms with van der Waals surface area (Å²) in [5.74, 6) is 0. The maximum absolute atomic E-state index is 5.10. The molecular weight excluding hydrogens is 186 g/mol. The molecule has 0 aliphatic rings. The average molecular weight is 205 g/mol. The van der Waals surface area contributed by atoms with E-state index < -0.39 is 0 Å². The van der Waals surface area contributed by atoms with Gasteiger partial charge in [-0.2, -0.15) is 0 Å². The molecule has 0 saturated heterocycles. The fourth-order valence-corrected chi connectivity index (χ4v) is 1.20. The molecular formula is C13H19NO. The van der Waals surface area contributed by atoms with Gasteiger partial charge in [-0.25, -0.2) is 0 Å². The molecule has 0 amide bonds. The molecule has 0 N–H and O–H groups in total. The van der Waals surface area contributed by atoms with E-state index in [-0.39, 0.29) is 0 Å². The second kappa shape index (κ2) is 7.04. The molecule has 0 aliphatic heterocycles. The van der Waals surface area contributed by atoms with Gasteiger partial charge in [0.1, 0.15) is 6.61 Å². The molecule has 2 heteroatoms. The first kappa shape index (κ1) is 11.8. The molecule has 0 saturated carbocycles. The number of aryl methyl sites for hydroxylation is 1. The van der Waals surface area contributed by atoms with Crippen molar-refractivity contribution in [1.29, 1.82) is 0 Å². The first-order chi connectivity index (χ1) is 7.36. The molecule has 15 heavy (non-hydrogen) atoms. The van der Waals surface area contributed by atoms with Gasteiger partial charge in [-0.1, -0.05) is 49.7 Å². The minimum atomic E-state index is 0.708. The van der Waals surface area contributed by atoms with E-state index in [2.05, 4.69) is 43.3 Å². The Morgan fingerprint density at radius 2 is 1.93 bits per heavy atom. The quantitative estimate of drug-likeness (QED) is 0.396. The highest BCUT2D eigenvalue weighted by molar-refractivity contribution is 5.79. The van der Waals surface area contributed by atoms with Crippen molar-refractivity contribution in [3.8, 4) is 0 Å². The van der Waals surface area contributed by atoms with E-state index in [1.807, 2.05) is 0 Å². The van der Waals surface area contributed by atoms with Crippen molar-refractivity contribution in [1.82, 2.24) is 0 Å². The predicted octanol–water partition coefficient (Wildman–Crippen LogP) is 3.40. The van der Waals surface area contributed by atoms with Gasteiger partial charge in [-0.3, -0.25) is 0 Å². The topological polar surface area (TPSA) is 21.6 Å². The van der Waals surface area contributed by atoms with Gasteiger partial charge in [-0.15, -0.1) is 0 Å². The van der Waals surface area contributed by atoms with Crippen molar-refractivity contribution in [3.63, 3.8) is 0 Å². The Balaban J connectivity index is 2.36. The molecule has 82 valence electrons. The number of hydrogen-bond acceptors (Lipinski definition) is 2. The van der Waals surface area contributed by atoms with Gasteiger partial charge < -0.3 is 4.84 Å². The summed E-state index contributed by atoms with van der Waals surface area (Å²) in [4.78, 5) is 5.10. The molecule has 2 nitrogen and oxygen atoms in total. The third-order valence-corrected chi connectivity index (χ3v) is 2.25. The molecule has 0 bridgehead atoms. The Kier molecular flexibility index (Phi) is 5.52. The maximum Gasteiger partial charge on any atom is 0.117 e. The second-order valence-corrected chi connectivity index (χ2v) is 3.52. The standard InChI is InChI=1S/C13H19NO/c1-3-5-10-15-14-11-13-8-6-12(4-2)7-9-13/h6-9,11H,3-5,10H2,1-2H3. The van der Waals surface area contributed by atoms with Crippen molar-refractivity contribution < 1.29 is 4.84 Å². The van der Waals surface area contributed by atoms with E-state index in [4.69, 9.17) is 4.84 Å². The summed E-state index contributed by atoms with van der Waals surface area (Å²) in [6, 6.07) is 8.36. The summed E-state index contributed by atoms with van der Waals surface area (Å²) >= 11 is 0. The molecule has 1 rings (SSSR count). The molecule has 0 fully saturated rings. The highest BCUT2D eigenvalue weighted by Gasteiger charge is 1.89. The smallest absolute Gasteiger partial charge is 0.117 e. The summed E-state index contributed by atoms with van der Waals surface area (Å²) < 4.78 is 0. The minimum Gasteiger partial charge on any atom is -0.396 e. The SMILES string of the molecule is CCCCON=Cc1ccc(CC)cc1. The van der Waals surface area contributed by atoms with Gasteiger partial charge >= 0.3 is 0 Å². The van der Waals surface area contributed by atoms with Crippen molar-refractivity contribution in [2.75, 3.05) is 6.61 Å². The third-order valence-electron chi connectivity index (χ3n) is 2.25. The van der Waals surface area contributed by atoms with Crippen LogP contribution >= 0.6 is 0 Å². The van der Waals surface area contributed by atoms with Crippen LogP contribution in [0.4, 0.5) is 0 Å². The highest BCUT2D eigenvalue weighted by Crippen LogP contribution is 2.02. The molecule has 0 heterocycles. The maximum atomic E-state index is 5.10.